The number of aryl methyl sites for hydroxylation is 1. The summed E-state index contributed by atoms with van der Waals surface area (Å²) in [6.07, 6.45) is 4.50. The highest BCUT2D eigenvalue weighted by molar-refractivity contribution is 5.96. The number of carbonyl (C=O) groups is 3. The van der Waals surface area contributed by atoms with E-state index in [1.165, 1.54) is 12.5 Å². The van der Waals surface area contributed by atoms with Crippen LogP contribution in [-0.2, 0) is 4.79 Å². The van der Waals surface area contributed by atoms with Crippen molar-refractivity contribution >= 4 is 17.7 Å². The van der Waals surface area contributed by atoms with E-state index in [1.54, 1.807) is 17.9 Å². The maximum absolute atomic E-state index is 13.3. The van der Waals surface area contributed by atoms with E-state index < -0.39 is 0 Å². The molecule has 0 N–H and O–H groups in total. The molecule has 0 unspecified atom stereocenters. The lowest BCUT2D eigenvalue weighted by atomic mass is 9.89. The van der Waals surface area contributed by atoms with Gasteiger partial charge in [-0.2, -0.15) is 0 Å². The first-order chi connectivity index (χ1) is 14.9. The minimum absolute atomic E-state index is 0.0240. The minimum atomic E-state index is -0.0254. The summed E-state index contributed by atoms with van der Waals surface area (Å²) < 4.78 is 5.03. The van der Waals surface area contributed by atoms with E-state index in [9.17, 15) is 14.4 Å². The third-order valence-corrected chi connectivity index (χ3v) is 6.24. The van der Waals surface area contributed by atoms with Gasteiger partial charge in [0, 0.05) is 57.8 Å². The van der Waals surface area contributed by atoms with Crippen molar-refractivity contribution in [3.63, 3.8) is 0 Å². The summed E-state index contributed by atoms with van der Waals surface area (Å²) in [7, 11) is 0. The fourth-order valence-electron chi connectivity index (χ4n) is 4.39. The molecule has 2 aromatic rings. The van der Waals surface area contributed by atoms with Crippen molar-refractivity contribution in [3.8, 4) is 0 Å². The topological polar surface area (TPSA) is 87.0 Å². The van der Waals surface area contributed by atoms with Crippen LogP contribution in [0.3, 0.4) is 0 Å². The number of hydrogen-bond acceptors (Lipinski definition) is 5. The molecule has 164 valence electrons. The number of rotatable bonds is 3. The van der Waals surface area contributed by atoms with Gasteiger partial charge in [-0.1, -0.05) is 0 Å². The largest absolute Gasteiger partial charge is 0.472 e. The molecular formula is C23H28N4O4. The molecule has 3 amide bonds. The zero-order valence-corrected chi connectivity index (χ0v) is 18.0. The van der Waals surface area contributed by atoms with Crippen LogP contribution in [0, 0.1) is 6.92 Å². The maximum atomic E-state index is 13.3. The molecule has 2 saturated heterocycles. The first kappa shape index (κ1) is 21.1. The number of piperidine rings is 1. The van der Waals surface area contributed by atoms with Gasteiger partial charge in [0.15, 0.2) is 0 Å². The molecule has 0 spiro atoms. The van der Waals surface area contributed by atoms with Crippen LogP contribution in [0.15, 0.2) is 35.1 Å². The number of carbonyl (C=O) groups excluding carboxylic acids is 3. The smallest absolute Gasteiger partial charge is 0.257 e. The van der Waals surface area contributed by atoms with Gasteiger partial charge < -0.3 is 19.1 Å². The average Bonchev–Trinajstić information content (AvgIpc) is 3.33. The summed E-state index contributed by atoms with van der Waals surface area (Å²) >= 11 is 0. The van der Waals surface area contributed by atoms with Gasteiger partial charge in [-0.15, -0.1) is 0 Å². The molecule has 4 rings (SSSR count). The lowest BCUT2D eigenvalue weighted by Gasteiger charge is -2.35. The van der Waals surface area contributed by atoms with Crippen LogP contribution in [0.5, 0.6) is 0 Å². The molecule has 2 aliphatic rings. The number of piperazine rings is 1. The zero-order chi connectivity index (χ0) is 22.0. The molecule has 2 aliphatic heterocycles. The van der Waals surface area contributed by atoms with Crippen molar-refractivity contribution in [2.75, 3.05) is 39.3 Å². The molecule has 0 aromatic carbocycles. The number of amides is 3. The van der Waals surface area contributed by atoms with Gasteiger partial charge in [-0.3, -0.25) is 19.4 Å². The second-order valence-electron chi connectivity index (χ2n) is 8.26. The zero-order valence-electron chi connectivity index (χ0n) is 18.0. The van der Waals surface area contributed by atoms with Crippen LogP contribution < -0.4 is 0 Å². The molecule has 0 atom stereocenters. The number of pyridine rings is 1. The van der Waals surface area contributed by atoms with Crippen molar-refractivity contribution in [1.82, 2.24) is 19.7 Å². The Kier molecular flexibility index (Phi) is 6.06. The summed E-state index contributed by atoms with van der Waals surface area (Å²) in [5.41, 5.74) is 2.91. The minimum Gasteiger partial charge on any atom is -0.472 e. The molecule has 4 heterocycles. The van der Waals surface area contributed by atoms with Gasteiger partial charge in [0.2, 0.25) is 5.91 Å². The second-order valence-corrected chi connectivity index (χ2v) is 8.26. The molecule has 0 radical (unpaired) electrons. The van der Waals surface area contributed by atoms with E-state index in [-0.39, 0.29) is 23.6 Å². The number of furan rings is 1. The predicted octanol–water partition coefficient (Wildman–Crippen LogP) is 2.31. The van der Waals surface area contributed by atoms with Crippen molar-refractivity contribution in [1.29, 1.82) is 0 Å². The Balaban J connectivity index is 1.46. The monoisotopic (exact) mass is 424 g/mol. The normalized spacial score (nSPS) is 17.7. The molecule has 31 heavy (non-hydrogen) atoms. The van der Waals surface area contributed by atoms with Crippen molar-refractivity contribution < 1.29 is 18.8 Å². The third-order valence-electron chi connectivity index (χ3n) is 6.24. The molecule has 0 bridgehead atoms. The predicted molar refractivity (Wildman–Crippen MR) is 114 cm³/mol. The number of hydrogen-bond donors (Lipinski definition) is 0. The van der Waals surface area contributed by atoms with Gasteiger partial charge in [0.05, 0.1) is 23.1 Å². The second kappa shape index (κ2) is 8.91. The molecule has 2 fully saturated rings. The van der Waals surface area contributed by atoms with Crippen LogP contribution >= 0.6 is 0 Å². The van der Waals surface area contributed by atoms with Crippen LogP contribution in [0.25, 0.3) is 0 Å². The van der Waals surface area contributed by atoms with E-state index in [1.807, 2.05) is 28.9 Å². The maximum Gasteiger partial charge on any atom is 0.257 e. The molecule has 0 saturated carbocycles. The molecule has 0 aliphatic carbocycles. The summed E-state index contributed by atoms with van der Waals surface area (Å²) in [6.45, 7) is 6.91. The molecule has 8 heteroatoms. The van der Waals surface area contributed by atoms with E-state index in [0.29, 0.717) is 50.4 Å². The summed E-state index contributed by atoms with van der Waals surface area (Å²) in [5.74, 6) is 0.124. The highest BCUT2D eigenvalue weighted by Crippen LogP contribution is 2.31. The highest BCUT2D eigenvalue weighted by atomic mass is 16.3. The highest BCUT2D eigenvalue weighted by Gasteiger charge is 2.31. The Morgan fingerprint density at radius 1 is 0.903 bits per heavy atom. The van der Waals surface area contributed by atoms with Crippen LogP contribution in [0.4, 0.5) is 0 Å². The summed E-state index contributed by atoms with van der Waals surface area (Å²) in [4.78, 5) is 47.6. The Morgan fingerprint density at radius 3 is 2.16 bits per heavy atom. The summed E-state index contributed by atoms with van der Waals surface area (Å²) in [5, 5.41) is 0. The van der Waals surface area contributed by atoms with Gasteiger partial charge in [-0.05, 0) is 38.0 Å². The Morgan fingerprint density at radius 2 is 1.55 bits per heavy atom. The van der Waals surface area contributed by atoms with E-state index >= 15 is 0 Å². The average molecular weight is 425 g/mol. The molecule has 8 nitrogen and oxygen atoms in total. The van der Waals surface area contributed by atoms with Gasteiger partial charge in [0.25, 0.3) is 11.8 Å². The number of likely N-dealkylation sites (tertiary alicyclic amines) is 1. The van der Waals surface area contributed by atoms with Gasteiger partial charge in [0.1, 0.15) is 6.26 Å². The SMILES string of the molecule is CC(=O)N1CCN(C(=O)c2ccc(C)nc2C2CCN(C(=O)c3ccoc3)CC2)CC1. The fraction of sp³-hybridized carbons (Fsp3) is 0.478. The number of aromatic nitrogens is 1. The lowest BCUT2D eigenvalue weighted by Crippen LogP contribution is -2.50. The standard InChI is InChI=1S/C23H28N4O4/c1-16-3-4-20(23(30)27-12-10-25(11-13-27)17(2)28)21(24-16)18-5-8-26(9-6-18)22(29)19-7-14-31-15-19/h3-4,7,14-15,18H,5-6,8-13H2,1-2H3. The van der Waals surface area contributed by atoms with Crippen LogP contribution in [0.2, 0.25) is 0 Å². The first-order valence-electron chi connectivity index (χ1n) is 10.8. The van der Waals surface area contributed by atoms with Crippen molar-refractivity contribution in [2.24, 2.45) is 0 Å². The van der Waals surface area contributed by atoms with Gasteiger partial charge in [-0.25, -0.2) is 0 Å². The van der Waals surface area contributed by atoms with E-state index in [0.717, 1.165) is 24.2 Å². The molecular weight excluding hydrogens is 396 g/mol. The van der Waals surface area contributed by atoms with Gasteiger partial charge >= 0.3 is 0 Å². The fourth-order valence-corrected chi connectivity index (χ4v) is 4.39. The third kappa shape index (κ3) is 4.47. The van der Waals surface area contributed by atoms with E-state index in [2.05, 4.69) is 0 Å². The number of nitrogens with zero attached hydrogens (tertiary/aromatic N) is 4. The summed E-state index contributed by atoms with van der Waals surface area (Å²) in [6, 6.07) is 5.43. The van der Waals surface area contributed by atoms with Crippen LogP contribution in [0.1, 0.15) is 57.8 Å². The lowest BCUT2D eigenvalue weighted by molar-refractivity contribution is -0.130. The first-order valence-corrected chi connectivity index (χ1v) is 10.8. The Labute approximate surface area is 181 Å². The quantitative estimate of drug-likeness (QED) is 0.755. The molecule has 2 aromatic heterocycles. The Hall–Kier alpha value is -3.16. The Bertz CT molecular complexity index is 956. The van der Waals surface area contributed by atoms with Crippen LogP contribution in [-0.4, -0.2) is 76.7 Å². The van der Waals surface area contributed by atoms with Crippen molar-refractivity contribution in [2.45, 2.75) is 32.6 Å². The van der Waals surface area contributed by atoms with E-state index in [4.69, 9.17) is 9.40 Å². The van der Waals surface area contributed by atoms with Crippen molar-refractivity contribution in [3.05, 3.63) is 53.2 Å².